The number of anilines is 2. The summed E-state index contributed by atoms with van der Waals surface area (Å²) in [7, 11) is 1.93. The van der Waals surface area contributed by atoms with E-state index in [2.05, 4.69) is 15.4 Å². The molecule has 1 aliphatic rings. The van der Waals surface area contributed by atoms with Crippen LogP contribution in [0, 0.1) is 6.92 Å². The lowest BCUT2D eigenvalue weighted by Gasteiger charge is -2.29. The topological polar surface area (TPSA) is 87.3 Å². The standard InChI is InChI=1S/C12H21N5O/c1-9-7-10(15-11(14-9)16-13)17(2)8-12(18)5-3-4-6-12/h7,18H,3-6,8,13H2,1-2H3,(H,14,15,16). The molecule has 0 amide bonds. The van der Waals surface area contributed by atoms with Crippen LogP contribution in [-0.4, -0.2) is 34.3 Å². The van der Waals surface area contributed by atoms with Crippen molar-refractivity contribution in [2.45, 2.75) is 38.2 Å². The molecule has 1 saturated carbocycles. The summed E-state index contributed by atoms with van der Waals surface area (Å²) < 4.78 is 0. The molecule has 100 valence electrons. The van der Waals surface area contributed by atoms with Gasteiger partial charge in [0.05, 0.1) is 5.60 Å². The predicted octanol–water partition coefficient (Wildman–Crippen LogP) is 0.812. The number of nitrogen functional groups attached to an aromatic ring is 1. The third-order valence-corrected chi connectivity index (χ3v) is 3.43. The summed E-state index contributed by atoms with van der Waals surface area (Å²) in [5.41, 5.74) is 2.72. The van der Waals surface area contributed by atoms with Crippen LogP contribution < -0.4 is 16.2 Å². The molecule has 6 heteroatoms. The zero-order valence-electron chi connectivity index (χ0n) is 11.0. The first kappa shape index (κ1) is 13.0. The van der Waals surface area contributed by atoms with Crippen molar-refractivity contribution in [2.75, 3.05) is 23.9 Å². The zero-order valence-corrected chi connectivity index (χ0v) is 11.0. The highest BCUT2D eigenvalue weighted by molar-refractivity contribution is 5.44. The Labute approximate surface area is 107 Å². The molecule has 6 nitrogen and oxygen atoms in total. The summed E-state index contributed by atoms with van der Waals surface area (Å²) in [6.07, 6.45) is 3.93. The maximum Gasteiger partial charge on any atom is 0.239 e. The number of hydrogen-bond acceptors (Lipinski definition) is 6. The van der Waals surface area contributed by atoms with E-state index < -0.39 is 5.60 Å². The SMILES string of the molecule is Cc1cc(N(C)CC2(O)CCCC2)nc(NN)n1. The van der Waals surface area contributed by atoms with Gasteiger partial charge in [-0.15, -0.1) is 0 Å². The zero-order chi connectivity index (χ0) is 13.2. The molecule has 0 atom stereocenters. The molecule has 1 aromatic rings. The van der Waals surface area contributed by atoms with Crippen LogP contribution in [-0.2, 0) is 0 Å². The molecule has 1 aromatic heterocycles. The fourth-order valence-electron chi connectivity index (χ4n) is 2.53. The van der Waals surface area contributed by atoms with Gasteiger partial charge in [-0.05, 0) is 19.8 Å². The average Bonchev–Trinajstić information content (AvgIpc) is 2.74. The van der Waals surface area contributed by atoms with Gasteiger partial charge in [0.2, 0.25) is 5.95 Å². The van der Waals surface area contributed by atoms with Crippen LogP contribution in [0.1, 0.15) is 31.4 Å². The summed E-state index contributed by atoms with van der Waals surface area (Å²) in [6, 6.07) is 1.89. The molecule has 1 fully saturated rings. The Bertz CT molecular complexity index is 417. The molecule has 0 spiro atoms. The Hall–Kier alpha value is -1.40. The van der Waals surface area contributed by atoms with Crippen LogP contribution in [0.15, 0.2) is 6.07 Å². The van der Waals surface area contributed by atoms with E-state index in [-0.39, 0.29) is 0 Å². The van der Waals surface area contributed by atoms with Gasteiger partial charge < -0.3 is 10.0 Å². The highest BCUT2D eigenvalue weighted by atomic mass is 16.3. The Morgan fingerprint density at radius 1 is 1.44 bits per heavy atom. The quantitative estimate of drug-likeness (QED) is 0.542. The van der Waals surface area contributed by atoms with Gasteiger partial charge >= 0.3 is 0 Å². The normalized spacial score (nSPS) is 17.8. The monoisotopic (exact) mass is 251 g/mol. The van der Waals surface area contributed by atoms with Gasteiger partial charge in [-0.3, -0.25) is 5.43 Å². The van der Waals surface area contributed by atoms with Crippen LogP contribution >= 0.6 is 0 Å². The number of rotatable bonds is 4. The van der Waals surface area contributed by atoms with Gasteiger partial charge in [0.1, 0.15) is 5.82 Å². The van der Waals surface area contributed by atoms with Gasteiger partial charge in [-0.25, -0.2) is 10.8 Å². The highest BCUT2D eigenvalue weighted by Crippen LogP contribution is 2.30. The fraction of sp³-hybridized carbons (Fsp3) is 0.667. The van der Waals surface area contributed by atoms with Crippen molar-refractivity contribution in [3.05, 3.63) is 11.8 Å². The van der Waals surface area contributed by atoms with E-state index in [9.17, 15) is 5.11 Å². The van der Waals surface area contributed by atoms with Gasteiger partial charge in [0.15, 0.2) is 0 Å². The molecule has 4 N–H and O–H groups in total. The van der Waals surface area contributed by atoms with Gasteiger partial charge in [-0.2, -0.15) is 4.98 Å². The number of hydrogen-bond donors (Lipinski definition) is 3. The molecule has 0 radical (unpaired) electrons. The number of likely N-dealkylation sites (N-methyl/N-ethyl adjacent to an activating group) is 1. The summed E-state index contributed by atoms with van der Waals surface area (Å²) >= 11 is 0. The molecule has 0 bridgehead atoms. The molecule has 2 rings (SSSR count). The van der Waals surface area contributed by atoms with E-state index in [0.717, 1.165) is 37.2 Å². The first-order valence-electron chi connectivity index (χ1n) is 6.28. The average molecular weight is 251 g/mol. The first-order valence-corrected chi connectivity index (χ1v) is 6.28. The first-order chi connectivity index (χ1) is 8.52. The van der Waals surface area contributed by atoms with Crippen molar-refractivity contribution in [3.63, 3.8) is 0 Å². The highest BCUT2D eigenvalue weighted by Gasteiger charge is 2.32. The molecular formula is C12H21N5O. The molecule has 0 saturated heterocycles. The number of hydrazine groups is 1. The predicted molar refractivity (Wildman–Crippen MR) is 71.3 cm³/mol. The number of nitrogens with two attached hydrogens (primary N) is 1. The number of nitrogens with zero attached hydrogens (tertiary/aromatic N) is 3. The van der Waals surface area contributed by atoms with E-state index in [0.29, 0.717) is 12.5 Å². The van der Waals surface area contributed by atoms with Crippen molar-refractivity contribution in [2.24, 2.45) is 5.84 Å². The van der Waals surface area contributed by atoms with E-state index in [1.165, 1.54) is 0 Å². The number of aryl methyl sites for hydroxylation is 1. The largest absolute Gasteiger partial charge is 0.388 e. The molecular weight excluding hydrogens is 230 g/mol. The third kappa shape index (κ3) is 2.88. The van der Waals surface area contributed by atoms with Crippen LogP contribution in [0.25, 0.3) is 0 Å². The molecule has 1 aliphatic carbocycles. The van der Waals surface area contributed by atoms with Crippen LogP contribution in [0.3, 0.4) is 0 Å². The van der Waals surface area contributed by atoms with E-state index in [1.54, 1.807) is 0 Å². The second-order valence-corrected chi connectivity index (χ2v) is 5.12. The lowest BCUT2D eigenvalue weighted by molar-refractivity contribution is 0.0558. The molecule has 18 heavy (non-hydrogen) atoms. The van der Waals surface area contributed by atoms with Crippen LogP contribution in [0.5, 0.6) is 0 Å². The maximum atomic E-state index is 10.4. The summed E-state index contributed by atoms with van der Waals surface area (Å²) in [4.78, 5) is 10.4. The Balaban J connectivity index is 2.12. The van der Waals surface area contributed by atoms with E-state index in [4.69, 9.17) is 5.84 Å². The molecule has 0 unspecified atom stereocenters. The number of aliphatic hydroxyl groups is 1. The molecule has 0 aromatic carbocycles. The summed E-state index contributed by atoms with van der Waals surface area (Å²) in [5, 5.41) is 10.4. The van der Waals surface area contributed by atoms with Gasteiger partial charge in [0.25, 0.3) is 0 Å². The minimum Gasteiger partial charge on any atom is -0.388 e. The Kier molecular flexibility index (Phi) is 3.68. The van der Waals surface area contributed by atoms with Crippen LogP contribution in [0.2, 0.25) is 0 Å². The Morgan fingerprint density at radius 3 is 2.72 bits per heavy atom. The Morgan fingerprint density at radius 2 is 2.11 bits per heavy atom. The van der Waals surface area contributed by atoms with E-state index in [1.807, 2.05) is 24.9 Å². The van der Waals surface area contributed by atoms with E-state index >= 15 is 0 Å². The second-order valence-electron chi connectivity index (χ2n) is 5.12. The maximum absolute atomic E-state index is 10.4. The van der Waals surface area contributed by atoms with Crippen molar-refractivity contribution >= 4 is 11.8 Å². The minimum absolute atomic E-state index is 0.398. The van der Waals surface area contributed by atoms with Crippen LogP contribution in [0.4, 0.5) is 11.8 Å². The smallest absolute Gasteiger partial charge is 0.239 e. The minimum atomic E-state index is -0.579. The number of aromatic nitrogens is 2. The summed E-state index contributed by atoms with van der Waals surface area (Å²) in [6.45, 7) is 2.48. The molecule has 0 aliphatic heterocycles. The van der Waals surface area contributed by atoms with Crippen molar-refractivity contribution in [1.29, 1.82) is 0 Å². The number of nitrogens with one attached hydrogen (secondary N) is 1. The lowest BCUT2D eigenvalue weighted by Crippen LogP contribution is -2.39. The third-order valence-electron chi connectivity index (χ3n) is 3.43. The van der Waals surface area contributed by atoms with Gasteiger partial charge in [-0.1, -0.05) is 12.8 Å². The van der Waals surface area contributed by atoms with Crippen molar-refractivity contribution in [3.8, 4) is 0 Å². The van der Waals surface area contributed by atoms with Crippen molar-refractivity contribution < 1.29 is 5.11 Å². The fourth-order valence-corrected chi connectivity index (χ4v) is 2.53. The molecule has 1 heterocycles. The lowest BCUT2D eigenvalue weighted by atomic mass is 10.0. The van der Waals surface area contributed by atoms with Crippen molar-refractivity contribution in [1.82, 2.24) is 9.97 Å². The second kappa shape index (κ2) is 5.07. The van der Waals surface area contributed by atoms with Gasteiger partial charge in [0, 0.05) is 25.4 Å². The summed E-state index contributed by atoms with van der Waals surface area (Å²) in [5.74, 6) is 6.51.